The Labute approximate surface area is 106 Å². The summed E-state index contributed by atoms with van der Waals surface area (Å²) in [7, 11) is 0. The summed E-state index contributed by atoms with van der Waals surface area (Å²) in [4.78, 5) is 6.15. The van der Waals surface area contributed by atoms with E-state index in [4.69, 9.17) is 10.7 Å². The zero-order chi connectivity index (χ0) is 11.8. The number of hydrogen-bond donors (Lipinski definition) is 1. The number of nitrogens with two attached hydrogens (primary N) is 1. The molecule has 2 aromatic rings. The van der Waals surface area contributed by atoms with Crippen molar-refractivity contribution < 1.29 is 0 Å². The third-order valence-corrected chi connectivity index (χ3v) is 4.64. The van der Waals surface area contributed by atoms with Crippen molar-refractivity contribution >= 4 is 11.3 Å². The van der Waals surface area contributed by atoms with Crippen LogP contribution in [0.5, 0.6) is 0 Å². The first-order valence-corrected chi connectivity index (χ1v) is 6.87. The van der Waals surface area contributed by atoms with Gasteiger partial charge >= 0.3 is 0 Å². The first kappa shape index (κ1) is 10.9. The van der Waals surface area contributed by atoms with E-state index in [1.165, 1.54) is 34.5 Å². The van der Waals surface area contributed by atoms with Gasteiger partial charge in [-0.15, -0.1) is 11.3 Å². The fourth-order valence-corrected chi connectivity index (χ4v) is 3.59. The molecule has 1 aromatic carbocycles. The zero-order valence-corrected chi connectivity index (χ0v) is 10.8. The molecule has 3 rings (SSSR count). The lowest BCUT2D eigenvalue weighted by Gasteiger charge is -2.11. The molecule has 0 radical (unpaired) electrons. The van der Waals surface area contributed by atoms with Crippen molar-refractivity contribution in [2.75, 3.05) is 0 Å². The second kappa shape index (κ2) is 4.24. The van der Waals surface area contributed by atoms with Crippen LogP contribution in [0.15, 0.2) is 24.3 Å². The maximum Gasteiger partial charge on any atom is 0.114 e. The summed E-state index contributed by atoms with van der Waals surface area (Å²) in [5.74, 6) is 0. The second-order valence-electron chi connectivity index (χ2n) is 4.61. The number of nitrogens with zero attached hydrogens (tertiary/aromatic N) is 1. The van der Waals surface area contributed by atoms with Gasteiger partial charge in [-0.3, -0.25) is 0 Å². The van der Waals surface area contributed by atoms with Crippen molar-refractivity contribution in [3.05, 3.63) is 51.0 Å². The van der Waals surface area contributed by atoms with Gasteiger partial charge in [-0.2, -0.15) is 0 Å². The molecule has 0 aliphatic heterocycles. The van der Waals surface area contributed by atoms with E-state index >= 15 is 0 Å². The van der Waals surface area contributed by atoms with Gasteiger partial charge in [0.05, 0.1) is 11.7 Å². The van der Waals surface area contributed by atoms with E-state index in [9.17, 15) is 0 Å². The predicted octanol–water partition coefficient (Wildman–Crippen LogP) is 2.99. The van der Waals surface area contributed by atoms with Gasteiger partial charge in [-0.1, -0.05) is 24.3 Å². The van der Waals surface area contributed by atoms with Gasteiger partial charge in [-0.05, 0) is 37.3 Å². The number of hydrogen-bond acceptors (Lipinski definition) is 3. The molecule has 0 saturated carbocycles. The van der Waals surface area contributed by atoms with Crippen LogP contribution < -0.4 is 5.73 Å². The number of fused-ring (bicyclic) bond motifs is 1. The molecule has 1 aromatic heterocycles. The molecule has 1 heterocycles. The summed E-state index contributed by atoms with van der Waals surface area (Å²) in [6.07, 6.45) is 3.58. The number of aryl methyl sites for hydroxylation is 3. The molecule has 88 valence electrons. The van der Waals surface area contributed by atoms with Crippen molar-refractivity contribution in [1.82, 2.24) is 4.98 Å². The van der Waals surface area contributed by atoms with Crippen LogP contribution in [0.4, 0.5) is 0 Å². The summed E-state index contributed by atoms with van der Waals surface area (Å²) in [6.45, 7) is 2.11. The number of rotatable bonds is 2. The van der Waals surface area contributed by atoms with E-state index in [0.717, 1.165) is 11.4 Å². The average Bonchev–Trinajstić information content (AvgIpc) is 2.88. The minimum atomic E-state index is -0.0631. The Hall–Kier alpha value is -1.19. The molecule has 1 atom stereocenters. The minimum Gasteiger partial charge on any atom is -0.318 e. The Morgan fingerprint density at radius 1 is 1.29 bits per heavy atom. The van der Waals surface area contributed by atoms with Crippen LogP contribution in [0.25, 0.3) is 0 Å². The fraction of sp³-hybridized carbons (Fsp3) is 0.357. The van der Waals surface area contributed by atoms with Gasteiger partial charge in [0.15, 0.2) is 0 Å². The Balaban J connectivity index is 1.96. The second-order valence-corrected chi connectivity index (χ2v) is 5.72. The van der Waals surface area contributed by atoms with Crippen LogP contribution in [0.1, 0.15) is 39.2 Å². The van der Waals surface area contributed by atoms with Gasteiger partial charge in [0.25, 0.3) is 0 Å². The monoisotopic (exact) mass is 244 g/mol. The maximum atomic E-state index is 6.33. The summed E-state index contributed by atoms with van der Waals surface area (Å²) >= 11 is 1.80. The van der Waals surface area contributed by atoms with E-state index in [1.54, 1.807) is 11.3 Å². The van der Waals surface area contributed by atoms with Gasteiger partial charge in [0.2, 0.25) is 0 Å². The summed E-state index contributed by atoms with van der Waals surface area (Å²) in [5.41, 5.74) is 10.1. The molecule has 1 unspecified atom stereocenters. The predicted molar refractivity (Wildman–Crippen MR) is 71.3 cm³/mol. The SMILES string of the molecule is Cc1ccccc1C(N)c1nc2c(s1)CCC2. The summed E-state index contributed by atoms with van der Waals surface area (Å²) in [5, 5.41) is 1.07. The Bertz CT molecular complexity index is 523. The summed E-state index contributed by atoms with van der Waals surface area (Å²) < 4.78 is 0. The smallest absolute Gasteiger partial charge is 0.114 e. The standard InChI is InChI=1S/C14H16N2S/c1-9-5-2-3-6-10(9)13(15)14-16-11-7-4-8-12(11)17-14/h2-3,5-6,13H,4,7-8,15H2,1H3. The number of aromatic nitrogens is 1. The first-order chi connectivity index (χ1) is 8.25. The van der Waals surface area contributed by atoms with Gasteiger partial charge in [-0.25, -0.2) is 4.98 Å². The van der Waals surface area contributed by atoms with Crippen molar-refractivity contribution in [2.24, 2.45) is 5.73 Å². The first-order valence-electron chi connectivity index (χ1n) is 6.05. The maximum absolute atomic E-state index is 6.33. The molecular weight excluding hydrogens is 228 g/mol. The molecule has 0 saturated heterocycles. The molecule has 2 N–H and O–H groups in total. The van der Waals surface area contributed by atoms with Crippen LogP contribution >= 0.6 is 11.3 Å². The third-order valence-electron chi connectivity index (χ3n) is 3.40. The van der Waals surface area contributed by atoms with E-state index in [2.05, 4.69) is 19.1 Å². The van der Waals surface area contributed by atoms with Crippen LogP contribution in [0, 0.1) is 6.92 Å². The van der Waals surface area contributed by atoms with Gasteiger partial charge in [0.1, 0.15) is 5.01 Å². The lowest BCUT2D eigenvalue weighted by Crippen LogP contribution is -2.13. The van der Waals surface area contributed by atoms with Crippen LogP contribution in [0.3, 0.4) is 0 Å². The van der Waals surface area contributed by atoms with Crippen molar-refractivity contribution in [2.45, 2.75) is 32.2 Å². The summed E-state index contributed by atoms with van der Waals surface area (Å²) in [6, 6.07) is 8.24. The minimum absolute atomic E-state index is 0.0631. The molecule has 2 nitrogen and oxygen atoms in total. The van der Waals surface area contributed by atoms with E-state index in [-0.39, 0.29) is 6.04 Å². The van der Waals surface area contributed by atoms with E-state index in [1.807, 2.05) is 12.1 Å². The normalized spacial score (nSPS) is 15.9. The van der Waals surface area contributed by atoms with Crippen molar-refractivity contribution in [1.29, 1.82) is 0 Å². The lowest BCUT2D eigenvalue weighted by molar-refractivity contribution is 0.828. The quantitative estimate of drug-likeness (QED) is 0.882. The number of benzene rings is 1. The molecule has 17 heavy (non-hydrogen) atoms. The van der Waals surface area contributed by atoms with Crippen molar-refractivity contribution in [3.8, 4) is 0 Å². The topological polar surface area (TPSA) is 38.9 Å². The fourth-order valence-electron chi connectivity index (χ4n) is 2.41. The molecule has 0 amide bonds. The highest BCUT2D eigenvalue weighted by atomic mass is 32.1. The Kier molecular flexibility index (Phi) is 2.73. The van der Waals surface area contributed by atoms with Gasteiger partial charge < -0.3 is 5.73 Å². The van der Waals surface area contributed by atoms with Crippen LogP contribution in [0.2, 0.25) is 0 Å². The molecule has 3 heteroatoms. The number of thiazole rings is 1. The highest BCUT2D eigenvalue weighted by molar-refractivity contribution is 7.11. The van der Waals surface area contributed by atoms with Gasteiger partial charge in [0, 0.05) is 4.88 Å². The van der Waals surface area contributed by atoms with E-state index in [0.29, 0.717) is 0 Å². The Morgan fingerprint density at radius 2 is 2.12 bits per heavy atom. The average molecular weight is 244 g/mol. The molecule has 0 fully saturated rings. The van der Waals surface area contributed by atoms with Crippen LogP contribution in [-0.2, 0) is 12.8 Å². The highest BCUT2D eigenvalue weighted by Crippen LogP contribution is 2.32. The Morgan fingerprint density at radius 3 is 2.88 bits per heavy atom. The molecule has 1 aliphatic rings. The molecule has 1 aliphatic carbocycles. The zero-order valence-electron chi connectivity index (χ0n) is 9.94. The lowest BCUT2D eigenvalue weighted by atomic mass is 10.0. The van der Waals surface area contributed by atoms with Crippen molar-refractivity contribution in [3.63, 3.8) is 0 Å². The molecular formula is C14H16N2S. The van der Waals surface area contributed by atoms with E-state index < -0.39 is 0 Å². The third kappa shape index (κ3) is 1.90. The largest absolute Gasteiger partial charge is 0.318 e. The molecule has 0 spiro atoms. The van der Waals surface area contributed by atoms with Crippen LogP contribution in [-0.4, -0.2) is 4.98 Å². The molecule has 0 bridgehead atoms. The highest BCUT2D eigenvalue weighted by Gasteiger charge is 2.21.